The van der Waals surface area contributed by atoms with Gasteiger partial charge in [-0.3, -0.25) is 10.1 Å². The number of benzene rings is 1. The Morgan fingerprint density at radius 2 is 2.00 bits per heavy atom. The van der Waals surface area contributed by atoms with Gasteiger partial charge in [-0.2, -0.15) is 4.68 Å². The lowest BCUT2D eigenvalue weighted by molar-refractivity contribution is -0.117. The molecule has 10 heteroatoms. The number of nitrogens with one attached hydrogen (secondary N) is 2. The van der Waals surface area contributed by atoms with Crippen molar-refractivity contribution in [1.29, 1.82) is 0 Å². The summed E-state index contributed by atoms with van der Waals surface area (Å²) in [6.45, 7) is 5.48. The number of para-hydroxylation sites is 2. The Hall–Kier alpha value is -2.62. The number of hydrogen-bond acceptors (Lipinski definition) is 7. The van der Waals surface area contributed by atoms with E-state index in [1.807, 2.05) is 32.9 Å². The largest absolute Gasteiger partial charge is 0.494 e. The highest BCUT2D eigenvalue weighted by Gasteiger charge is 2.18. The first-order chi connectivity index (χ1) is 11.8. The van der Waals surface area contributed by atoms with Crippen molar-refractivity contribution >= 4 is 23.7 Å². The van der Waals surface area contributed by atoms with Crippen molar-refractivity contribution in [2.75, 3.05) is 12.9 Å². The van der Waals surface area contributed by atoms with Crippen LogP contribution >= 0.6 is 11.8 Å². The van der Waals surface area contributed by atoms with Crippen LogP contribution in [0.15, 0.2) is 29.4 Å². The van der Waals surface area contributed by atoms with Gasteiger partial charge >= 0.3 is 6.03 Å². The molecule has 9 nitrogen and oxygen atoms in total. The normalized spacial score (nSPS) is 11.0. The number of amides is 3. The number of ether oxygens (including phenoxy) is 1. The average Bonchev–Trinajstić information content (AvgIpc) is 2.99. The quantitative estimate of drug-likeness (QED) is 0.771. The summed E-state index contributed by atoms with van der Waals surface area (Å²) in [6, 6.07) is 6.71. The van der Waals surface area contributed by atoms with E-state index in [4.69, 9.17) is 4.74 Å². The number of thioether (sulfide) groups is 1. The number of rotatable bonds is 5. The predicted molar refractivity (Wildman–Crippen MR) is 92.9 cm³/mol. The minimum absolute atomic E-state index is 0.00686. The molecule has 2 aromatic rings. The van der Waals surface area contributed by atoms with Crippen LogP contribution < -0.4 is 15.4 Å². The third-order valence-electron chi connectivity index (χ3n) is 2.83. The molecule has 0 atom stereocenters. The molecular formula is C15H20N6O3S. The van der Waals surface area contributed by atoms with Crippen molar-refractivity contribution in [2.24, 2.45) is 0 Å². The van der Waals surface area contributed by atoms with Crippen LogP contribution in [0.3, 0.4) is 0 Å². The Labute approximate surface area is 149 Å². The summed E-state index contributed by atoms with van der Waals surface area (Å²) in [6.07, 6.45) is 0. The molecule has 0 saturated carbocycles. The number of imide groups is 1. The number of carbonyl (C=O) groups excluding carboxylic acids is 2. The second-order valence-electron chi connectivity index (χ2n) is 6.09. The van der Waals surface area contributed by atoms with Crippen LogP contribution in [0.2, 0.25) is 0 Å². The van der Waals surface area contributed by atoms with Gasteiger partial charge in [0.2, 0.25) is 11.1 Å². The molecule has 3 amide bonds. The number of nitrogens with zero attached hydrogens (tertiary/aromatic N) is 4. The number of methoxy groups -OCH3 is 1. The maximum atomic E-state index is 11.9. The van der Waals surface area contributed by atoms with Gasteiger partial charge in [-0.1, -0.05) is 23.9 Å². The summed E-state index contributed by atoms with van der Waals surface area (Å²) in [5.41, 5.74) is 0.231. The molecule has 25 heavy (non-hydrogen) atoms. The lowest BCUT2D eigenvalue weighted by Gasteiger charge is -2.20. The van der Waals surface area contributed by atoms with Crippen molar-refractivity contribution in [2.45, 2.75) is 31.5 Å². The van der Waals surface area contributed by atoms with Crippen LogP contribution in [-0.2, 0) is 4.79 Å². The predicted octanol–water partition coefficient (Wildman–Crippen LogP) is 1.39. The van der Waals surface area contributed by atoms with Gasteiger partial charge in [0.25, 0.3) is 0 Å². The molecule has 2 rings (SSSR count). The monoisotopic (exact) mass is 364 g/mol. The fraction of sp³-hybridized carbons (Fsp3) is 0.400. The molecular weight excluding hydrogens is 344 g/mol. The number of urea groups is 1. The van der Waals surface area contributed by atoms with Gasteiger partial charge in [0.05, 0.1) is 12.9 Å². The fourth-order valence-electron chi connectivity index (χ4n) is 1.89. The fourth-order valence-corrected chi connectivity index (χ4v) is 2.57. The summed E-state index contributed by atoms with van der Waals surface area (Å²) >= 11 is 1.12. The summed E-state index contributed by atoms with van der Waals surface area (Å²) in [5, 5.41) is 16.8. The highest BCUT2D eigenvalue weighted by atomic mass is 32.2. The average molecular weight is 364 g/mol. The summed E-state index contributed by atoms with van der Waals surface area (Å²) in [7, 11) is 1.55. The Balaban J connectivity index is 2.00. The molecule has 0 radical (unpaired) electrons. The van der Waals surface area contributed by atoms with Gasteiger partial charge < -0.3 is 10.1 Å². The molecule has 0 aliphatic carbocycles. The van der Waals surface area contributed by atoms with Gasteiger partial charge in [-0.15, -0.1) is 5.10 Å². The molecule has 0 aliphatic heterocycles. The van der Waals surface area contributed by atoms with E-state index in [1.165, 1.54) is 4.68 Å². The highest BCUT2D eigenvalue weighted by Crippen LogP contribution is 2.25. The smallest absolute Gasteiger partial charge is 0.321 e. The summed E-state index contributed by atoms with van der Waals surface area (Å²) in [4.78, 5) is 23.6. The van der Waals surface area contributed by atoms with Crippen molar-refractivity contribution in [1.82, 2.24) is 30.8 Å². The molecule has 1 aromatic heterocycles. The molecule has 134 valence electrons. The third kappa shape index (κ3) is 5.45. The van der Waals surface area contributed by atoms with Crippen molar-refractivity contribution < 1.29 is 14.3 Å². The molecule has 0 unspecified atom stereocenters. The van der Waals surface area contributed by atoms with E-state index in [1.54, 1.807) is 19.2 Å². The van der Waals surface area contributed by atoms with Crippen LogP contribution in [0.25, 0.3) is 5.69 Å². The first kappa shape index (κ1) is 18.7. The van der Waals surface area contributed by atoms with Crippen LogP contribution in [-0.4, -0.2) is 50.5 Å². The lowest BCUT2D eigenvalue weighted by atomic mass is 10.1. The second-order valence-corrected chi connectivity index (χ2v) is 7.03. The van der Waals surface area contributed by atoms with Crippen LogP contribution in [0.4, 0.5) is 4.79 Å². The van der Waals surface area contributed by atoms with Crippen LogP contribution in [0.1, 0.15) is 20.8 Å². The van der Waals surface area contributed by atoms with Gasteiger partial charge in [0.15, 0.2) is 0 Å². The first-order valence-electron chi connectivity index (χ1n) is 7.47. The molecule has 1 heterocycles. The Morgan fingerprint density at radius 3 is 2.68 bits per heavy atom. The summed E-state index contributed by atoms with van der Waals surface area (Å²) in [5.74, 6) is 0.152. The van der Waals surface area contributed by atoms with Gasteiger partial charge in [0.1, 0.15) is 11.4 Å². The zero-order chi connectivity index (χ0) is 18.4. The second kappa shape index (κ2) is 7.97. The number of aromatic nitrogens is 4. The van der Waals surface area contributed by atoms with E-state index in [0.717, 1.165) is 11.8 Å². The lowest BCUT2D eigenvalue weighted by Crippen LogP contribution is -2.48. The Bertz CT molecular complexity index is 756. The van der Waals surface area contributed by atoms with E-state index in [2.05, 4.69) is 26.2 Å². The Morgan fingerprint density at radius 1 is 1.28 bits per heavy atom. The maximum Gasteiger partial charge on any atom is 0.321 e. The number of tetrazole rings is 1. The standard InChI is InChI=1S/C15H20N6O3S/c1-15(2,3)17-13(23)16-12(22)9-25-14-18-19-20-21(14)10-7-5-6-8-11(10)24-4/h5-8H,9H2,1-4H3,(H2,16,17,22,23). The summed E-state index contributed by atoms with van der Waals surface area (Å²) < 4.78 is 6.77. The van der Waals surface area contributed by atoms with Gasteiger partial charge in [-0.25, -0.2) is 4.79 Å². The molecule has 0 bridgehead atoms. The van der Waals surface area contributed by atoms with Crippen molar-refractivity contribution in [3.63, 3.8) is 0 Å². The van der Waals surface area contributed by atoms with E-state index in [-0.39, 0.29) is 5.75 Å². The SMILES string of the molecule is COc1ccccc1-n1nnnc1SCC(=O)NC(=O)NC(C)(C)C. The minimum Gasteiger partial charge on any atom is -0.494 e. The van der Waals surface area contributed by atoms with E-state index in [0.29, 0.717) is 16.6 Å². The van der Waals surface area contributed by atoms with Crippen molar-refractivity contribution in [3.05, 3.63) is 24.3 Å². The van der Waals surface area contributed by atoms with Crippen LogP contribution in [0.5, 0.6) is 5.75 Å². The number of hydrogen-bond donors (Lipinski definition) is 2. The molecule has 0 saturated heterocycles. The molecule has 0 fully saturated rings. The first-order valence-corrected chi connectivity index (χ1v) is 8.45. The van der Waals surface area contributed by atoms with Crippen LogP contribution in [0, 0.1) is 0 Å². The highest BCUT2D eigenvalue weighted by molar-refractivity contribution is 7.99. The minimum atomic E-state index is -0.539. The third-order valence-corrected chi connectivity index (χ3v) is 3.75. The maximum absolute atomic E-state index is 11.9. The molecule has 0 aliphatic rings. The molecule has 2 N–H and O–H groups in total. The van der Waals surface area contributed by atoms with E-state index < -0.39 is 17.5 Å². The van der Waals surface area contributed by atoms with Gasteiger partial charge in [-0.05, 0) is 43.3 Å². The van der Waals surface area contributed by atoms with Crippen molar-refractivity contribution in [3.8, 4) is 11.4 Å². The zero-order valence-corrected chi connectivity index (χ0v) is 15.3. The number of carbonyl (C=O) groups is 2. The van der Waals surface area contributed by atoms with E-state index >= 15 is 0 Å². The zero-order valence-electron chi connectivity index (χ0n) is 14.4. The topological polar surface area (TPSA) is 111 Å². The van der Waals surface area contributed by atoms with Gasteiger partial charge in [0, 0.05) is 5.54 Å². The van der Waals surface area contributed by atoms with E-state index in [9.17, 15) is 9.59 Å². The Kier molecular flexibility index (Phi) is 5.97. The molecule has 0 spiro atoms. The molecule has 1 aromatic carbocycles.